The standard InChI is InChI=1S/C22H27NO2/c1-4-21(25-18-13-12-15(2)16(3)14-18)22(24)23-20-11-7-9-17-8-5-6-10-19(17)20/h5-6,8,10,12-14,20-21H,4,7,9,11H2,1-3H3,(H,23,24)/t20-,21+/m0/s1. The lowest BCUT2D eigenvalue weighted by Crippen LogP contribution is -2.41. The summed E-state index contributed by atoms with van der Waals surface area (Å²) in [5.41, 5.74) is 5.00. The Morgan fingerprint density at radius 2 is 2.00 bits per heavy atom. The van der Waals surface area contributed by atoms with Crippen molar-refractivity contribution in [1.82, 2.24) is 5.32 Å². The second-order valence-electron chi connectivity index (χ2n) is 6.91. The second kappa shape index (κ2) is 7.73. The van der Waals surface area contributed by atoms with Crippen molar-refractivity contribution in [3.8, 4) is 5.75 Å². The average Bonchev–Trinajstić information content (AvgIpc) is 2.63. The van der Waals surface area contributed by atoms with Crippen molar-refractivity contribution < 1.29 is 9.53 Å². The molecular weight excluding hydrogens is 310 g/mol. The molecule has 3 heteroatoms. The number of hydrogen-bond acceptors (Lipinski definition) is 2. The molecule has 0 heterocycles. The minimum Gasteiger partial charge on any atom is -0.481 e. The van der Waals surface area contributed by atoms with E-state index in [0.29, 0.717) is 6.42 Å². The lowest BCUT2D eigenvalue weighted by molar-refractivity contribution is -0.129. The number of rotatable bonds is 5. The molecule has 0 spiro atoms. The minimum atomic E-state index is -0.462. The van der Waals surface area contributed by atoms with Crippen LogP contribution in [0.25, 0.3) is 0 Å². The molecule has 1 amide bonds. The van der Waals surface area contributed by atoms with Gasteiger partial charge < -0.3 is 10.1 Å². The van der Waals surface area contributed by atoms with Gasteiger partial charge in [-0.05, 0) is 73.9 Å². The Kier molecular flexibility index (Phi) is 5.42. The Bertz CT molecular complexity index is 753. The number of carbonyl (C=O) groups is 1. The highest BCUT2D eigenvalue weighted by Gasteiger charge is 2.25. The van der Waals surface area contributed by atoms with Crippen molar-refractivity contribution in [2.24, 2.45) is 0 Å². The third kappa shape index (κ3) is 4.04. The predicted molar refractivity (Wildman–Crippen MR) is 101 cm³/mol. The smallest absolute Gasteiger partial charge is 0.261 e. The highest BCUT2D eigenvalue weighted by molar-refractivity contribution is 5.81. The number of benzene rings is 2. The average molecular weight is 337 g/mol. The highest BCUT2D eigenvalue weighted by atomic mass is 16.5. The van der Waals surface area contributed by atoms with Gasteiger partial charge in [0.2, 0.25) is 0 Å². The lowest BCUT2D eigenvalue weighted by atomic mass is 9.87. The zero-order valence-electron chi connectivity index (χ0n) is 15.3. The molecular formula is C22H27NO2. The van der Waals surface area contributed by atoms with Gasteiger partial charge in [-0.1, -0.05) is 37.3 Å². The molecule has 0 aliphatic heterocycles. The summed E-state index contributed by atoms with van der Waals surface area (Å²) in [6, 6.07) is 14.5. The van der Waals surface area contributed by atoms with Gasteiger partial charge in [0, 0.05) is 0 Å². The summed E-state index contributed by atoms with van der Waals surface area (Å²) in [4.78, 5) is 12.8. The van der Waals surface area contributed by atoms with Crippen LogP contribution in [0.15, 0.2) is 42.5 Å². The summed E-state index contributed by atoms with van der Waals surface area (Å²) in [5.74, 6) is 0.733. The van der Waals surface area contributed by atoms with Crippen molar-refractivity contribution in [3.05, 3.63) is 64.7 Å². The quantitative estimate of drug-likeness (QED) is 0.862. The fourth-order valence-corrected chi connectivity index (χ4v) is 3.44. The van der Waals surface area contributed by atoms with E-state index < -0.39 is 6.10 Å². The molecule has 0 bridgehead atoms. The summed E-state index contributed by atoms with van der Waals surface area (Å²) in [7, 11) is 0. The first-order chi connectivity index (χ1) is 12.1. The molecule has 2 aromatic rings. The Morgan fingerprint density at radius 3 is 2.76 bits per heavy atom. The molecule has 0 fully saturated rings. The number of nitrogens with one attached hydrogen (secondary N) is 1. The van der Waals surface area contributed by atoms with Crippen molar-refractivity contribution >= 4 is 5.91 Å². The van der Waals surface area contributed by atoms with Crippen molar-refractivity contribution in [1.29, 1.82) is 0 Å². The van der Waals surface area contributed by atoms with Crippen LogP contribution in [0.5, 0.6) is 5.75 Å². The van der Waals surface area contributed by atoms with Gasteiger partial charge in [0.05, 0.1) is 6.04 Å². The summed E-state index contributed by atoms with van der Waals surface area (Å²) in [6.45, 7) is 6.12. The molecule has 0 unspecified atom stereocenters. The van der Waals surface area contributed by atoms with Crippen LogP contribution in [0.3, 0.4) is 0 Å². The third-order valence-corrected chi connectivity index (χ3v) is 5.11. The number of aryl methyl sites for hydroxylation is 3. The summed E-state index contributed by atoms with van der Waals surface area (Å²) in [5, 5.41) is 3.21. The fourth-order valence-electron chi connectivity index (χ4n) is 3.44. The fraction of sp³-hybridized carbons (Fsp3) is 0.409. The predicted octanol–water partition coefficient (Wildman–Crippen LogP) is 4.65. The Labute approximate surface area is 150 Å². The van der Waals surface area contributed by atoms with E-state index in [-0.39, 0.29) is 11.9 Å². The van der Waals surface area contributed by atoms with Gasteiger partial charge in [-0.3, -0.25) is 4.79 Å². The van der Waals surface area contributed by atoms with E-state index in [1.807, 2.05) is 31.2 Å². The topological polar surface area (TPSA) is 38.3 Å². The number of carbonyl (C=O) groups excluding carboxylic acids is 1. The largest absolute Gasteiger partial charge is 0.481 e. The molecule has 3 rings (SSSR count). The molecule has 3 nitrogen and oxygen atoms in total. The molecule has 1 aliphatic rings. The van der Waals surface area contributed by atoms with Crippen molar-refractivity contribution in [2.75, 3.05) is 0 Å². The second-order valence-corrected chi connectivity index (χ2v) is 6.91. The zero-order chi connectivity index (χ0) is 17.8. The van der Waals surface area contributed by atoms with E-state index in [9.17, 15) is 4.79 Å². The summed E-state index contributed by atoms with van der Waals surface area (Å²) >= 11 is 0. The maximum absolute atomic E-state index is 12.8. The van der Waals surface area contributed by atoms with Crippen molar-refractivity contribution in [2.45, 2.75) is 58.6 Å². The molecule has 0 saturated heterocycles. The molecule has 0 aromatic heterocycles. The van der Waals surface area contributed by atoms with E-state index in [0.717, 1.165) is 25.0 Å². The van der Waals surface area contributed by atoms with Gasteiger partial charge in [0.25, 0.3) is 5.91 Å². The Morgan fingerprint density at radius 1 is 1.20 bits per heavy atom. The van der Waals surface area contributed by atoms with Crippen LogP contribution in [0.1, 0.15) is 54.5 Å². The van der Waals surface area contributed by atoms with E-state index in [1.54, 1.807) is 0 Å². The Hall–Kier alpha value is -2.29. The maximum Gasteiger partial charge on any atom is 0.261 e. The highest BCUT2D eigenvalue weighted by Crippen LogP contribution is 2.29. The molecule has 1 aliphatic carbocycles. The number of hydrogen-bond donors (Lipinski definition) is 1. The van der Waals surface area contributed by atoms with Crippen LogP contribution in [-0.2, 0) is 11.2 Å². The molecule has 132 valence electrons. The van der Waals surface area contributed by atoms with Crippen molar-refractivity contribution in [3.63, 3.8) is 0 Å². The van der Waals surface area contributed by atoms with E-state index in [4.69, 9.17) is 4.74 Å². The van der Waals surface area contributed by atoms with Crippen LogP contribution < -0.4 is 10.1 Å². The van der Waals surface area contributed by atoms with Gasteiger partial charge in [-0.2, -0.15) is 0 Å². The number of amides is 1. The number of ether oxygens (including phenoxy) is 1. The number of fused-ring (bicyclic) bond motifs is 1. The van der Waals surface area contributed by atoms with Crippen LogP contribution in [-0.4, -0.2) is 12.0 Å². The van der Waals surface area contributed by atoms with Crippen LogP contribution in [0.2, 0.25) is 0 Å². The molecule has 0 radical (unpaired) electrons. The third-order valence-electron chi connectivity index (χ3n) is 5.11. The van der Waals surface area contributed by atoms with E-state index >= 15 is 0 Å². The SMILES string of the molecule is CC[C@@H](Oc1ccc(C)c(C)c1)C(=O)N[C@H]1CCCc2ccccc21. The maximum atomic E-state index is 12.8. The van der Waals surface area contributed by atoms with Gasteiger partial charge in [0.1, 0.15) is 5.75 Å². The molecule has 0 saturated carbocycles. The van der Waals surface area contributed by atoms with E-state index in [1.165, 1.54) is 22.3 Å². The molecule has 2 atom stereocenters. The zero-order valence-corrected chi connectivity index (χ0v) is 15.3. The summed E-state index contributed by atoms with van der Waals surface area (Å²) < 4.78 is 5.98. The van der Waals surface area contributed by atoms with Gasteiger partial charge in [-0.25, -0.2) is 0 Å². The van der Waals surface area contributed by atoms with Crippen LogP contribution >= 0.6 is 0 Å². The van der Waals surface area contributed by atoms with Crippen LogP contribution in [0.4, 0.5) is 0 Å². The Balaban J connectivity index is 1.70. The van der Waals surface area contributed by atoms with E-state index in [2.05, 4.69) is 37.4 Å². The van der Waals surface area contributed by atoms with Gasteiger partial charge in [-0.15, -0.1) is 0 Å². The first-order valence-corrected chi connectivity index (χ1v) is 9.20. The first-order valence-electron chi connectivity index (χ1n) is 9.20. The lowest BCUT2D eigenvalue weighted by Gasteiger charge is -2.28. The van der Waals surface area contributed by atoms with Crippen LogP contribution in [0, 0.1) is 13.8 Å². The van der Waals surface area contributed by atoms with Gasteiger partial charge >= 0.3 is 0 Å². The minimum absolute atomic E-state index is 0.0255. The first kappa shape index (κ1) is 17.5. The molecule has 25 heavy (non-hydrogen) atoms. The molecule has 1 N–H and O–H groups in total. The monoisotopic (exact) mass is 337 g/mol. The van der Waals surface area contributed by atoms with Gasteiger partial charge in [0.15, 0.2) is 6.10 Å². The normalized spacial score (nSPS) is 17.5. The molecule has 2 aromatic carbocycles. The summed E-state index contributed by atoms with van der Waals surface area (Å²) in [6.07, 6.45) is 3.38.